The minimum atomic E-state index is -0.439. The van der Waals surface area contributed by atoms with Gasteiger partial charge in [0.25, 0.3) is 0 Å². The molecular weight excluding hydrogens is 192 g/mol. The fraction of sp³-hybridized carbons (Fsp3) is 0.700. The van der Waals surface area contributed by atoms with Crippen LogP contribution in [0.5, 0.6) is 0 Å². The molecule has 1 aromatic rings. The highest BCUT2D eigenvalue weighted by molar-refractivity contribution is 5.86. The monoisotopic (exact) mass is 210 g/mol. The van der Waals surface area contributed by atoms with Crippen LogP contribution < -0.4 is 5.73 Å². The summed E-state index contributed by atoms with van der Waals surface area (Å²) in [6.45, 7) is 4.24. The Morgan fingerprint density at radius 3 is 2.73 bits per heavy atom. The molecule has 1 aromatic heterocycles. The zero-order chi connectivity index (χ0) is 11.5. The second kappa shape index (κ2) is 4.53. The first-order valence-electron chi connectivity index (χ1n) is 5.09. The molecule has 0 aliphatic rings. The normalized spacial score (nSPS) is 14.9. The largest absolute Gasteiger partial charge is 0.329 e. The summed E-state index contributed by atoms with van der Waals surface area (Å²) in [4.78, 5) is 16.0. The zero-order valence-corrected chi connectivity index (χ0v) is 9.53. The van der Waals surface area contributed by atoms with Crippen molar-refractivity contribution in [1.82, 2.24) is 14.8 Å². The van der Waals surface area contributed by atoms with Crippen molar-refractivity contribution < 1.29 is 4.79 Å². The molecule has 15 heavy (non-hydrogen) atoms. The first-order chi connectivity index (χ1) is 7.03. The Hall–Kier alpha value is -1.23. The molecule has 0 amide bonds. The van der Waals surface area contributed by atoms with E-state index in [0.29, 0.717) is 18.8 Å². The highest BCUT2D eigenvalue weighted by atomic mass is 16.1. The number of hydrogen-bond acceptors (Lipinski definition) is 4. The van der Waals surface area contributed by atoms with Crippen LogP contribution in [-0.2, 0) is 18.3 Å². The van der Waals surface area contributed by atoms with Gasteiger partial charge in [-0.25, -0.2) is 4.98 Å². The molecule has 1 unspecified atom stereocenters. The minimum Gasteiger partial charge on any atom is -0.329 e. The van der Waals surface area contributed by atoms with Crippen molar-refractivity contribution >= 4 is 5.78 Å². The van der Waals surface area contributed by atoms with Gasteiger partial charge < -0.3 is 5.73 Å². The van der Waals surface area contributed by atoms with Crippen molar-refractivity contribution in [2.24, 2.45) is 18.2 Å². The Kier molecular flexibility index (Phi) is 3.57. The lowest BCUT2D eigenvalue weighted by molar-refractivity contribution is -0.127. The number of nitrogens with two attached hydrogens (primary N) is 1. The van der Waals surface area contributed by atoms with Crippen LogP contribution in [0.25, 0.3) is 0 Å². The number of aromatic nitrogens is 3. The summed E-state index contributed by atoms with van der Waals surface area (Å²) in [6.07, 6.45) is 2.51. The number of Topliss-reactive ketones (excluding diaryl/α,β-unsaturated/α-hetero) is 1. The molecule has 1 atom stereocenters. The smallest absolute Gasteiger partial charge is 0.147 e. The maximum Gasteiger partial charge on any atom is 0.147 e. The fourth-order valence-corrected chi connectivity index (χ4v) is 1.29. The maximum absolute atomic E-state index is 12.0. The van der Waals surface area contributed by atoms with Gasteiger partial charge in [-0.3, -0.25) is 9.48 Å². The summed E-state index contributed by atoms with van der Waals surface area (Å²) in [5.41, 5.74) is 5.18. The van der Waals surface area contributed by atoms with E-state index in [1.807, 2.05) is 13.8 Å². The number of carbonyl (C=O) groups excluding carboxylic acids is 1. The van der Waals surface area contributed by atoms with E-state index in [-0.39, 0.29) is 5.78 Å². The summed E-state index contributed by atoms with van der Waals surface area (Å²) in [6, 6.07) is 0. The Bertz CT molecular complexity index is 341. The van der Waals surface area contributed by atoms with E-state index in [0.717, 1.165) is 6.42 Å². The predicted molar refractivity (Wildman–Crippen MR) is 57.2 cm³/mol. The number of nitrogens with zero attached hydrogens (tertiary/aromatic N) is 3. The van der Waals surface area contributed by atoms with Gasteiger partial charge in [0, 0.05) is 19.0 Å². The van der Waals surface area contributed by atoms with Crippen LogP contribution in [0, 0.1) is 5.41 Å². The number of ketones is 1. The average Bonchev–Trinajstić information content (AvgIpc) is 2.63. The lowest BCUT2D eigenvalue weighted by atomic mass is 9.81. The van der Waals surface area contributed by atoms with E-state index in [4.69, 9.17) is 5.73 Å². The molecule has 84 valence electrons. The van der Waals surface area contributed by atoms with Gasteiger partial charge in [0.05, 0.1) is 6.42 Å². The Labute approximate surface area is 89.7 Å². The first-order valence-corrected chi connectivity index (χ1v) is 5.09. The van der Waals surface area contributed by atoms with Gasteiger partial charge in [0.15, 0.2) is 0 Å². The molecule has 1 rings (SSSR count). The second-order valence-electron chi connectivity index (χ2n) is 4.02. The molecule has 0 bridgehead atoms. The zero-order valence-electron chi connectivity index (χ0n) is 9.53. The first kappa shape index (κ1) is 11.8. The molecule has 0 aromatic carbocycles. The van der Waals surface area contributed by atoms with E-state index < -0.39 is 5.41 Å². The third-order valence-corrected chi connectivity index (χ3v) is 3.03. The Balaban J connectivity index is 2.75. The molecule has 0 saturated carbocycles. The van der Waals surface area contributed by atoms with Crippen LogP contribution in [0.15, 0.2) is 6.33 Å². The number of carbonyl (C=O) groups is 1. The number of aryl methyl sites for hydroxylation is 1. The molecule has 0 aliphatic carbocycles. The standard InChI is InChI=1S/C10H18N4O/c1-4-10(2,6-11)8(15)5-9-12-7-13-14(9)3/h7H,4-6,11H2,1-3H3. The van der Waals surface area contributed by atoms with Crippen molar-refractivity contribution in [3.8, 4) is 0 Å². The van der Waals surface area contributed by atoms with Crippen molar-refractivity contribution in [3.05, 3.63) is 12.2 Å². The molecule has 0 saturated heterocycles. The molecule has 0 aliphatic heterocycles. The van der Waals surface area contributed by atoms with Crippen LogP contribution in [0.3, 0.4) is 0 Å². The molecule has 0 fully saturated rings. The summed E-state index contributed by atoms with van der Waals surface area (Å²) < 4.78 is 1.62. The van der Waals surface area contributed by atoms with Crippen molar-refractivity contribution in [1.29, 1.82) is 0 Å². The second-order valence-corrected chi connectivity index (χ2v) is 4.02. The van der Waals surface area contributed by atoms with Crippen LogP contribution in [0.4, 0.5) is 0 Å². The average molecular weight is 210 g/mol. The van der Waals surface area contributed by atoms with Crippen LogP contribution in [0.2, 0.25) is 0 Å². The highest BCUT2D eigenvalue weighted by Crippen LogP contribution is 2.22. The summed E-state index contributed by atoms with van der Waals surface area (Å²) >= 11 is 0. The summed E-state index contributed by atoms with van der Waals surface area (Å²) in [5.74, 6) is 0.816. The predicted octanol–water partition coefficient (Wildman–Crippen LogP) is 0.302. The topological polar surface area (TPSA) is 73.8 Å². The highest BCUT2D eigenvalue weighted by Gasteiger charge is 2.30. The van der Waals surface area contributed by atoms with Gasteiger partial charge in [0.1, 0.15) is 17.9 Å². The van der Waals surface area contributed by atoms with E-state index in [2.05, 4.69) is 10.1 Å². The molecular formula is C10H18N4O. The van der Waals surface area contributed by atoms with Crippen LogP contribution in [0.1, 0.15) is 26.1 Å². The SMILES string of the molecule is CCC(C)(CN)C(=O)Cc1ncnn1C. The molecule has 2 N–H and O–H groups in total. The molecule has 0 spiro atoms. The van der Waals surface area contributed by atoms with Crippen molar-refractivity contribution in [3.63, 3.8) is 0 Å². The molecule has 1 heterocycles. The van der Waals surface area contributed by atoms with E-state index >= 15 is 0 Å². The number of rotatable bonds is 5. The molecule has 0 radical (unpaired) electrons. The number of hydrogen-bond donors (Lipinski definition) is 1. The molecule has 5 heteroatoms. The summed E-state index contributed by atoms with van der Waals surface area (Å²) in [5, 5.41) is 3.93. The van der Waals surface area contributed by atoms with E-state index in [9.17, 15) is 4.79 Å². The Morgan fingerprint density at radius 1 is 1.67 bits per heavy atom. The van der Waals surface area contributed by atoms with Gasteiger partial charge in [-0.05, 0) is 6.42 Å². The quantitative estimate of drug-likeness (QED) is 0.758. The lowest BCUT2D eigenvalue weighted by Gasteiger charge is -2.24. The van der Waals surface area contributed by atoms with Gasteiger partial charge in [0.2, 0.25) is 0 Å². The minimum absolute atomic E-state index is 0.128. The van der Waals surface area contributed by atoms with Gasteiger partial charge >= 0.3 is 0 Å². The Morgan fingerprint density at radius 2 is 2.33 bits per heavy atom. The third kappa shape index (κ3) is 2.41. The lowest BCUT2D eigenvalue weighted by Crippen LogP contribution is -2.36. The summed E-state index contributed by atoms with van der Waals surface area (Å²) in [7, 11) is 1.78. The maximum atomic E-state index is 12.0. The molecule has 5 nitrogen and oxygen atoms in total. The van der Waals surface area contributed by atoms with Crippen LogP contribution in [-0.4, -0.2) is 27.1 Å². The van der Waals surface area contributed by atoms with Crippen molar-refractivity contribution in [2.75, 3.05) is 6.54 Å². The third-order valence-electron chi connectivity index (χ3n) is 3.03. The van der Waals surface area contributed by atoms with E-state index in [1.165, 1.54) is 6.33 Å². The fourth-order valence-electron chi connectivity index (χ4n) is 1.29. The van der Waals surface area contributed by atoms with Gasteiger partial charge in [-0.2, -0.15) is 5.10 Å². The van der Waals surface area contributed by atoms with Gasteiger partial charge in [-0.1, -0.05) is 13.8 Å². The van der Waals surface area contributed by atoms with E-state index in [1.54, 1.807) is 11.7 Å². The van der Waals surface area contributed by atoms with Crippen molar-refractivity contribution in [2.45, 2.75) is 26.7 Å². The van der Waals surface area contributed by atoms with Gasteiger partial charge in [-0.15, -0.1) is 0 Å². The van der Waals surface area contributed by atoms with Crippen LogP contribution >= 0.6 is 0 Å².